The summed E-state index contributed by atoms with van der Waals surface area (Å²) in [5, 5.41) is 0. The molecule has 0 aromatic carbocycles. The zero-order valence-corrected chi connectivity index (χ0v) is 27.3. The topological polar surface area (TPSA) is 48.0 Å². The average molecular weight is 576 g/mol. The Labute approximate surface area is 249 Å². The maximum absolute atomic E-state index is 12.8. The number of hydrogen-bond acceptors (Lipinski definition) is 5. The summed E-state index contributed by atoms with van der Waals surface area (Å²) in [5.74, 6) is -1.16. The lowest BCUT2D eigenvalue weighted by Crippen LogP contribution is -2.55. The summed E-state index contributed by atoms with van der Waals surface area (Å²) < 4.78 is 18.3. The van der Waals surface area contributed by atoms with E-state index in [0.29, 0.717) is 19.6 Å². The van der Waals surface area contributed by atoms with E-state index in [2.05, 4.69) is 25.8 Å². The molecule has 1 fully saturated rings. The van der Waals surface area contributed by atoms with Gasteiger partial charge in [0.2, 0.25) is 5.79 Å². The van der Waals surface area contributed by atoms with Crippen LogP contribution < -0.4 is 0 Å². The van der Waals surface area contributed by atoms with E-state index in [-0.39, 0.29) is 24.5 Å². The number of carbonyl (C=O) groups is 1. The van der Waals surface area contributed by atoms with Crippen molar-refractivity contribution in [1.82, 2.24) is 4.90 Å². The normalized spacial score (nSPS) is 17.5. The highest BCUT2D eigenvalue weighted by Crippen LogP contribution is 2.26. The van der Waals surface area contributed by atoms with Crippen LogP contribution in [0.1, 0.15) is 162 Å². The van der Waals surface area contributed by atoms with E-state index in [4.69, 9.17) is 14.2 Å². The van der Waals surface area contributed by atoms with Gasteiger partial charge in [0, 0.05) is 26.4 Å². The third-order valence-corrected chi connectivity index (χ3v) is 8.04. The maximum Gasteiger partial charge on any atom is 0.308 e. The van der Waals surface area contributed by atoms with Crippen LogP contribution in [0.25, 0.3) is 0 Å². The number of halogens is 1. The molecule has 234 valence electrons. The Hall–Kier alpha value is -0.360. The second kappa shape index (κ2) is 26.5. The number of morpholine rings is 1. The van der Waals surface area contributed by atoms with Gasteiger partial charge in [-0.25, -0.2) is 0 Å². The zero-order chi connectivity index (χ0) is 27.7. The monoisotopic (exact) mass is 575 g/mol. The lowest BCUT2D eigenvalue weighted by atomic mass is 10.1. The van der Waals surface area contributed by atoms with Gasteiger partial charge in [0.05, 0.1) is 13.2 Å². The van der Waals surface area contributed by atoms with E-state index in [1.165, 1.54) is 116 Å². The van der Waals surface area contributed by atoms with Gasteiger partial charge in [-0.3, -0.25) is 4.79 Å². The Bertz CT molecular complexity index is 550. The van der Waals surface area contributed by atoms with Crippen molar-refractivity contribution >= 4 is 18.4 Å². The minimum Gasteiger partial charge on any atom is -0.430 e. The molecule has 1 aliphatic rings. The first-order chi connectivity index (χ1) is 18.5. The molecule has 2 atom stereocenters. The number of hydrogen-bond donors (Lipinski definition) is 0. The first-order valence-electron chi connectivity index (χ1n) is 16.7. The molecule has 0 bridgehead atoms. The first kappa shape index (κ1) is 38.6. The fourth-order valence-corrected chi connectivity index (χ4v) is 5.36. The molecule has 0 amide bonds. The molecule has 0 saturated carbocycles. The lowest BCUT2D eigenvalue weighted by molar-refractivity contribution is -0.279. The van der Waals surface area contributed by atoms with Crippen LogP contribution in [0.4, 0.5) is 0 Å². The predicted molar refractivity (Wildman–Crippen MR) is 168 cm³/mol. The molecule has 0 aromatic heterocycles. The van der Waals surface area contributed by atoms with Gasteiger partial charge in [0.15, 0.2) is 0 Å². The molecular formula is C33H66ClNO4. The quantitative estimate of drug-likeness (QED) is 0.0583. The second-order valence-corrected chi connectivity index (χ2v) is 11.9. The molecular weight excluding hydrogens is 510 g/mol. The molecule has 39 heavy (non-hydrogen) atoms. The van der Waals surface area contributed by atoms with E-state index in [0.717, 1.165) is 32.4 Å². The van der Waals surface area contributed by atoms with Gasteiger partial charge in [0.1, 0.15) is 6.10 Å². The first-order valence-corrected chi connectivity index (χ1v) is 16.7. The van der Waals surface area contributed by atoms with Crippen LogP contribution in [-0.2, 0) is 19.0 Å². The van der Waals surface area contributed by atoms with Crippen molar-refractivity contribution in [3.8, 4) is 0 Å². The third-order valence-electron chi connectivity index (χ3n) is 8.04. The van der Waals surface area contributed by atoms with Crippen LogP contribution in [0.3, 0.4) is 0 Å². The van der Waals surface area contributed by atoms with E-state index >= 15 is 0 Å². The average Bonchev–Trinajstić information content (AvgIpc) is 2.90. The van der Waals surface area contributed by atoms with Crippen molar-refractivity contribution in [2.75, 3.05) is 33.4 Å². The van der Waals surface area contributed by atoms with Crippen molar-refractivity contribution in [2.45, 2.75) is 174 Å². The third kappa shape index (κ3) is 21.1. The molecule has 1 rings (SSSR count). The minimum absolute atomic E-state index is 0. The summed E-state index contributed by atoms with van der Waals surface area (Å²) in [6.45, 7) is 9.33. The zero-order valence-electron chi connectivity index (χ0n) is 26.5. The fourth-order valence-electron chi connectivity index (χ4n) is 5.36. The van der Waals surface area contributed by atoms with E-state index in [1.807, 2.05) is 6.92 Å². The molecule has 0 N–H and O–H groups in total. The van der Waals surface area contributed by atoms with Crippen molar-refractivity contribution in [3.05, 3.63) is 0 Å². The van der Waals surface area contributed by atoms with Gasteiger partial charge in [-0.15, -0.1) is 12.4 Å². The Morgan fingerprint density at radius 1 is 0.744 bits per heavy atom. The fraction of sp³-hybridized carbons (Fsp3) is 0.970. The Balaban J connectivity index is 0.0000144. The van der Waals surface area contributed by atoms with Crippen LogP contribution in [0, 0.1) is 0 Å². The molecule has 0 spiro atoms. The highest BCUT2D eigenvalue weighted by molar-refractivity contribution is 5.85. The summed E-state index contributed by atoms with van der Waals surface area (Å²) in [5.41, 5.74) is 0. The van der Waals surface area contributed by atoms with Crippen LogP contribution in [-0.4, -0.2) is 56.1 Å². The second-order valence-electron chi connectivity index (χ2n) is 11.9. The van der Waals surface area contributed by atoms with Crippen LogP contribution in [0.2, 0.25) is 0 Å². The van der Waals surface area contributed by atoms with E-state index < -0.39 is 5.79 Å². The van der Waals surface area contributed by atoms with E-state index in [1.54, 1.807) is 0 Å². The summed E-state index contributed by atoms with van der Waals surface area (Å²) in [4.78, 5) is 15.0. The Morgan fingerprint density at radius 2 is 1.18 bits per heavy atom. The van der Waals surface area contributed by atoms with Gasteiger partial charge in [-0.1, -0.05) is 136 Å². The summed E-state index contributed by atoms with van der Waals surface area (Å²) in [6.07, 6.45) is 27.2. The number of esters is 1. The largest absolute Gasteiger partial charge is 0.430 e. The minimum atomic E-state index is -1.01. The molecule has 1 aliphatic heterocycles. The number of likely N-dealkylation sites (N-methyl/N-ethyl adjacent to an activating group) is 1. The number of ether oxygens (including phenoxy) is 3. The van der Waals surface area contributed by atoms with Crippen molar-refractivity contribution in [1.29, 1.82) is 0 Å². The molecule has 6 heteroatoms. The van der Waals surface area contributed by atoms with Crippen molar-refractivity contribution in [3.63, 3.8) is 0 Å². The van der Waals surface area contributed by atoms with Gasteiger partial charge in [0.25, 0.3) is 0 Å². The number of carbonyl (C=O) groups excluding carboxylic acids is 1. The van der Waals surface area contributed by atoms with Crippen LogP contribution in [0.15, 0.2) is 0 Å². The summed E-state index contributed by atoms with van der Waals surface area (Å²) in [7, 11) is 2.09. The standard InChI is InChI=1S/C33H65NO4.ClH/c1-5-7-9-11-13-15-16-17-19-21-23-25-28-37-33(3,31-30-34(4)27-29-36-31)38-32(35)26-24-22-20-18-14-12-10-8-6-2;/h31H,5-30H2,1-4H3;1H. The van der Waals surface area contributed by atoms with E-state index in [9.17, 15) is 4.79 Å². The predicted octanol–water partition coefficient (Wildman–Crippen LogP) is 9.64. The molecule has 1 heterocycles. The summed E-state index contributed by atoms with van der Waals surface area (Å²) in [6, 6.07) is 0. The molecule has 1 saturated heterocycles. The summed E-state index contributed by atoms with van der Waals surface area (Å²) >= 11 is 0. The molecule has 0 aromatic rings. The van der Waals surface area contributed by atoms with Gasteiger partial charge >= 0.3 is 5.97 Å². The SMILES string of the molecule is CCCCCCCCCCCCCCOC(C)(OC(=O)CCCCCCCCCCC)C1CN(C)CCO1.Cl. The Kier molecular flexibility index (Phi) is 26.3. The lowest BCUT2D eigenvalue weighted by Gasteiger charge is -2.41. The number of unbranched alkanes of at least 4 members (excludes halogenated alkanes) is 19. The van der Waals surface area contributed by atoms with Crippen molar-refractivity contribution < 1.29 is 19.0 Å². The highest BCUT2D eigenvalue weighted by atomic mass is 35.5. The van der Waals surface area contributed by atoms with Gasteiger partial charge in [-0.2, -0.15) is 0 Å². The smallest absolute Gasteiger partial charge is 0.308 e. The van der Waals surface area contributed by atoms with Crippen molar-refractivity contribution in [2.24, 2.45) is 0 Å². The molecule has 5 nitrogen and oxygen atoms in total. The number of rotatable bonds is 26. The van der Waals surface area contributed by atoms with Crippen LogP contribution >= 0.6 is 12.4 Å². The Morgan fingerprint density at radius 3 is 1.64 bits per heavy atom. The van der Waals surface area contributed by atoms with Gasteiger partial charge < -0.3 is 19.1 Å². The number of nitrogens with zero attached hydrogens (tertiary/aromatic N) is 1. The molecule has 0 radical (unpaired) electrons. The van der Waals surface area contributed by atoms with Crippen LogP contribution in [0.5, 0.6) is 0 Å². The molecule has 2 unspecified atom stereocenters. The van der Waals surface area contributed by atoms with Gasteiger partial charge in [-0.05, 0) is 19.9 Å². The highest BCUT2D eigenvalue weighted by Gasteiger charge is 2.42. The molecule has 0 aliphatic carbocycles. The maximum atomic E-state index is 12.8.